The minimum absolute atomic E-state index is 0.617. The van der Waals surface area contributed by atoms with Crippen LogP contribution < -0.4 is 10.6 Å². The smallest absolute Gasteiger partial charge is 0.217 e. The van der Waals surface area contributed by atoms with Crippen molar-refractivity contribution in [1.29, 1.82) is 0 Å². The highest BCUT2D eigenvalue weighted by molar-refractivity contribution is 5.73. The molecule has 2 amide bonds. The van der Waals surface area contributed by atoms with Crippen molar-refractivity contribution >= 4 is 11.8 Å². The standard InChI is InChI=1S/C22H38N2O16/c1-6(27)23-11-16(32)19(9(4-26)37-20(11)35)40-21-12(24-7(2)28)15(31)14(30)10(39-21)5-36-22-18(34)17(33)13(29)8(3-25)38-22/h8-22,25-26,29-35H,3-5H2,1-2H3,(H,23,27)(H,24,28)/t8-,9-,10-,11-,12-,13-,14-,15-,16-,17+,18+,19-,20-,21+,22+/m1/s1. The van der Waals surface area contributed by atoms with E-state index in [1.165, 1.54) is 0 Å². The predicted molar refractivity (Wildman–Crippen MR) is 124 cm³/mol. The van der Waals surface area contributed by atoms with Crippen LogP contribution in [0.1, 0.15) is 13.8 Å². The maximum absolute atomic E-state index is 11.8. The molecule has 3 fully saturated rings. The Morgan fingerprint density at radius 1 is 0.650 bits per heavy atom. The van der Waals surface area contributed by atoms with E-state index in [2.05, 4.69) is 10.6 Å². The molecule has 18 heteroatoms. The number of carbonyl (C=O) groups excluding carboxylic acids is 2. The van der Waals surface area contributed by atoms with Crippen LogP contribution in [0.4, 0.5) is 0 Å². The molecule has 15 atom stereocenters. The van der Waals surface area contributed by atoms with Gasteiger partial charge in [0, 0.05) is 13.8 Å². The van der Waals surface area contributed by atoms with E-state index >= 15 is 0 Å². The summed E-state index contributed by atoms with van der Waals surface area (Å²) in [7, 11) is 0. The summed E-state index contributed by atoms with van der Waals surface area (Å²) in [6.45, 7) is 0.142. The zero-order valence-corrected chi connectivity index (χ0v) is 21.7. The Balaban J connectivity index is 1.79. The summed E-state index contributed by atoms with van der Waals surface area (Å²) in [5.41, 5.74) is 0. The second kappa shape index (κ2) is 14.0. The molecular formula is C22H38N2O16. The normalized spacial score (nSPS) is 46.0. The number of aliphatic hydroxyl groups is 9. The lowest BCUT2D eigenvalue weighted by Gasteiger charge is -2.47. The van der Waals surface area contributed by atoms with Crippen LogP contribution >= 0.6 is 0 Å². The number of aliphatic hydroxyl groups excluding tert-OH is 9. The average molecular weight is 587 g/mol. The van der Waals surface area contributed by atoms with Gasteiger partial charge in [-0.15, -0.1) is 0 Å². The molecule has 0 unspecified atom stereocenters. The first-order valence-electron chi connectivity index (χ1n) is 12.6. The van der Waals surface area contributed by atoms with Crippen LogP contribution in [0.5, 0.6) is 0 Å². The van der Waals surface area contributed by atoms with Crippen molar-refractivity contribution in [3.05, 3.63) is 0 Å². The number of ether oxygens (including phenoxy) is 5. The molecule has 0 saturated carbocycles. The van der Waals surface area contributed by atoms with Crippen LogP contribution in [-0.2, 0) is 33.3 Å². The number of nitrogens with one attached hydrogen (secondary N) is 2. The Kier molecular flexibility index (Phi) is 11.5. The second-order valence-electron chi connectivity index (χ2n) is 9.85. The zero-order valence-electron chi connectivity index (χ0n) is 21.7. The lowest BCUT2D eigenvalue weighted by Crippen LogP contribution is -2.69. The molecule has 0 spiro atoms. The fourth-order valence-electron chi connectivity index (χ4n) is 4.76. The zero-order chi connectivity index (χ0) is 29.9. The maximum Gasteiger partial charge on any atom is 0.217 e. The predicted octanol–water partition coefficient (Wildman–Crippen LogP) is -7.29. The minimum atomic E-state index is -1.76. The van der Waals surface area contributed by atoms with Crippen molar-refractivity contribution in [3.63, 3.8) is 0 Å². The van der Waals surface area contributed by atoms with E-state index in [1.54, 1.807) is 0 Å². The first kappa shape index (κ1) is 32.9. The second-order valence-corrected chi connectivity index (χ2v) is 9.85. The first-order chi connectivity index (χ1) is 18.8. The van der Waals surface area contributed by atoms with Gasteiger partial charge < -0.3 is 80.3 Å². The minimum Gasteiger partial charge on any atom is -0.394 e. The quantitative estimate of drug-likeness (QED) is 0.120. The highest BCUT2D eigenvalue weighted by Crippen LogP contribution is 2.30. The number of amides is 2. The Bertz CT molecular complexity index is 852. The van der Waals surface area contributed by atoms with Crippen LogP contribution in [0.15, 0.2) is 0 Å². The lowest BCUT2D eigenvalue weighted by molar-refractivity contribution is -0.340. The monoisotopic (exact) mass is 586 g/mol. The number of carbonyl (C=O) groups is 2. The molecule has 0 aromatic heterocycles. The molecule has 0 bridgehead atoms. The Hall–Kier alpha value is -1.62. The van der Waals surface area contributed by atoms with Gasteiger partial charge in [0.1, 0.15) is 73.1 Å². The SMILES string of the molecule is CC(=O)N[C@@H]1[C@@H](O)[C@H](O[C@@H]2O[C@H](CO[C@H]3O[C@H](CO)[C@@H](O)[C@H](O)[C@@H]3O)[C@@H](O)[C@H](O)[C@H]2NC(C)=O)[C@@H](CO)O[C@H]1O. The van der Waals surface area contributed by atoms with Crippen molar-refractivity contribution in [2.75, 3.05) is 19.8 Å². The van der Waals surface area contributed by atoms with Gasteiger partial charge in [-0.25, -0.2) is 0 Å². The third-order valence-electron chi connectivity index (χ3n) is 6.88. The van der Waals surface area contributed by atoms with E-state index in [1.807, 2.05) is 0 Å². The van der Waals surface area contributed by atoms with E-state index in [4.69, 9.17) is 23.7 Å². The molecule has 11 N–H and O–H groups in total. The van der Waals surface area contributed by atoms with Crippen molar-refractivity contribution in [2.24, 2.45) is 0 Å². The molecule has 0 radical (unpaired) electrons. The average Bonchev–Trinajstić information content (AvgIpc) is 2.90. The third-order valence-corrected chi connectivity index (χ3v) is 6.88. The number of rotatable bonds is 9. The molecule has 3 heterocycles. The first-order valence-corrected chi connectivity index (χ1v) is 12.6. The molecule has 40 heavy (non-hydrogen) atoms. The molecule has 232 valence electrons. The molecule has 3 aliphatic rings. The summed E-state index contributed by atoms with van der Waals surface area (Å²) in [6, 6.07) is -2.83. The topological polar surface area (TPSA) is 286 Å². The largest absolute Gasteiger partial charge is 0.394 e. The maximum atomic E-state index is 11.8. The summed E-state index contributed by atoms with van der Waals surface area (Å²) in [5.74, 6) is -1.28. The van der Waals surface area contributed by atoms with Gasteiger partial charge in [-0.05, 0) is 0 Å². The Morgan fingerprint density at radius 2 is 1.20 bits per heavy atom. The van der Waals surface area contributed by atoms with Crippen LogP contribution in [0.2, 0.25) is 0 Å². The van der Waals surface area contributed by atoms with Crippen LogP contribution in [0, 0.1) is 0 Å². The Morgan fingerprint density at radius 3 is 1.77 bits per heavy atom. The summed E-state index contributed by atoms with van der Waals surface area (Å²) >= 11 is 0. The Labute approximate surface area is 228 Å². The van der Waals surface area contributed by atoms with Gasteiger partial charge in [-0.1, -0.05) is 0 Å². The van der Waals surface area contributed by atoms with Gasteiger partial charge in [0.2, 0.25) is 11.8 Å². The molecule has 0 aromatic carbocycles. The summed E-state index contributed by atoms with van der Waals surface area (Å²) in [5, 5.41) is 96.3. The summed E-state index contributed by atoms with van der Waals surface area (Å²) < 4.78 is 27.4. The molecule has 3 aliphatic heterocycles. The highest BCUT2D eigenvalue weighted by atomic mass is 16.7. The van der Waals surface area contributed by atoms with Gasteiger partial charge in [0.25, 0.3) is 0 Å². The van der Waals surface area contributed by atoms with E-state index in [0.717, 1.165) is 13.8 Å². The van der Waals surface area contributed by atoms with E-state index in [0.29, 0.717) is 0 Å². The number of hydrogen-bond donors (Lipinski definition) is 11. The van der Waals surface area contributed by atoms with Crippen LogP contribution in [0.3, 0.4) is 0 Å². The van der Waals surface area contributed by atoms with E-state index in [-0.39, 0.29) is 0 Å². The fraction of sp³-hybridized carbons (Fsp3) is 0.909. The van der Waals surface area contributed by atoms with Crippen molar-refractivity contribution < 1.29 is 79.2 Å². The third kappa shape index (κ3) is 7.23. The van der Waals surface area contributed by atoms with E-state index < -0.39 is 124 Å². The van der Waals surface area contributed by atoms with Gasteiger partial charge in [-0.3, -0.25) is 9.59 Å². The molecule has 3 saturated heterocycles. The fourth-order valence-corrected chi connectivity index (χ4v) is 4.76. The molecule has 18 nitrogen and oxygen atoms in total. The summed E-state index contributed by atoms with van der Waals surface area (Å²) in [4.78, 5) is 23.4. The summed E-state index contributed by atoms with van der Waals surface area (Å²) in [6.07, 6.45) is -20.8. The lowest BCUT2D eigenvalue weighted by atomic mass is 9.94. The van der Waals surface area contributed by atoms with Gasteiger partial charge in [-0.2, -0.15) is 0 Å². The van der Waals surface area contributed by atoms with Gasteiger partial charge in [0.05, 0.1) is 19.8 Å². The van der Waals surface area contributed by atoms with Crippen molar-refractivity contribution in [1.82, 2.24) is 10.6 Å². The van der Waals surface area contributed by atoms with Crippen molar-refractivity contribution in [2.45, 2.75) is 106 Å². The number of hydrogen-bond acceptors (Lipinski definition) is 16. The highest BCUT2D eigenvalue weighted by Gasteiger charge is 2.52. The molecule has 0 aliphatic carbocycles. The van der Waals surface area contributed by atoms with E-state index in [9.17, 15) is 55.5 Å². The van der Waals surface area contributed by atoms with Gasteiger partial charge >= 0.3 is 0 Å². The van der Waals surface area contributed by atoms with Crippen LogP contribution in [0.25, 0.3) is 0 Å². The molecular weight excluding hydrogens is 548 g/mol. The van der Waals surface area contributed by atoms with Gasteiger partial charge in [0.15, 0.2) is 18.9 Å². The molecule has 3 rings (SSSR count). The molecule has 0 aromatic rings. The van der Waals surface area contributed by atoms with Crippen LogP contribution in [-0.4, -0.2) is 170 Å². The van der Waals surface area contributed by atoms with Crippen molar-refractivity contribution in [3.8, 4) is 0 Å².